The number of piperidine rings is 2. The highest BCUT2D eigenvalue weighted by atomic mass is 32.2. The van der Waals surface area contributed by atoms with Gasteiger partial charge in [0.2, 0.25) is 27.8 Å². The van der Waals surface area contributed by atoms with Crippen LogP contribution in [0.3, 0.4) is 0 Å². The Morgan fingerprint density at radius 2 is 1.65 bits per heavy atom. The van der Waals surface area contributed by atoms with Gasteiger partial charge in [-0.3, -0.25) is 28.9 Å². The molecule has 19 heteroatoms. The minimum Gasteiger partial charge on any atom is -0.371 e. The number of anilines is 7. The van der Waals surface area contributed by atoms with E-state index in [-0.39, 0.29) is 35.9 Å². The smallest absolute Gasteiger partial charge is 0.255 e. The maximum atomic E-state index is 15.8. The highest BCUT2D eigenvalue weighted by Crippen LogP contribution is 2.40. The molecule has 0 saturated carbocycles. The number of hydrogen-bond donors (Lipinski definition) is 4. The molecule has 66 heavy (non-hydrogen) atoms. The van der Waals surface area contributed by atoms with Crippen LogP contribution in [0.25, 0.3) is 11.0 Å². The molecule has 344 valence electrons. The first-order chi connectivity index (χ1) is 31.9. The summed E-state index contributed by atoms with van der Waals surface area (Å²) in [6.45, 7) is 9.44. The van der Waals surface area contributed by atoms with E-state index < -0.39 is 16.1 Å². The normalized spacial score (nSPS) is 21.1. The third-order valence-corrected chi connectivity index (χ3v) is 15.5. The maximum absolute atomic E-state index is 15.8. The first kappa shape index (κ1) is 42.3. The van der Waals surface area contributed by atoms with Gasteiger partial charge in [-0.05, 0) is 85.3 Å². The molecule has 8 heterocycles. The lowest BCUT2D eigenvalue weighted by Crippen LogP contribution is -2.57. The van der Waals surface area contributed by atoms with Gasteiger partial charge in [0.1, 0.15) is 23.3 Å². The van der Waals surface area contributed by atoms with Gasteiger partial charge in [-0.1, -0.05) is 12.1 Å². The summed E-state index contributed by atoms with van der Waals surface area (Å²) in [5, 5.41) is 9.65. The summed E-state index contributed by atoms with van der Waals surface area (Å²) in [4.78, 5) is 61.1. The van der Waals surface area contributed by atoms with Crippen molar-refractivity contribution < 1.29 is 27.2 Å². The molecule has 1 atom stereocenters. The summed E-state index contributed by atoms with van der Waals surface area (Å²) in [6, 6.07) is 18.5. The van der Waals surface area contributed by atoms with Gasteiger partial charge < -0.3 is 35.2 Å². The Hall–Kier alpha value is -6.31. The molecule has 0 spiro atoms. The third kappa shape index (κ3) is 8.06. The second-order valence-corrected chi connectivity index (χ2v) is 20.4. The fraction of sp³-hybridized carbons (Fsp3) is 0.426. The average molecular weight is 917 g/mol. The van der Waals surface area contributed by atoms with Gasteiger partial charge in [0, 0.05) is 114 Å². The SMILES string of the molecule is CS(=O)(=O)N1CCc2cccc(Nc3nc(Nc4ccc(N5CCC(N6CCN(CC7CN(c8ccc9c(c8)CN(C8CCC(=O)NC8=O)C9=O)C7)CC6)CC5)c(F)c4)nc4[nH]ccc34)c21. The summed E-state index contributed by atoms with van der Waals surface area (Å²) >= 11 is 0. The second kappa shape index (κ2) is 16.8. The van der Waals surface area contributed by atoms with Crippen LogP contribution in [-0.2, 0) is 32.6 Å². The van der Waals surface area contributed by atoms with E-state index in [1.165, 1.54) is 16.6 Å². The number of carbonyl (C=O) groups is 3. The van der Waals surface area contributed by atoms with Crippen molar-refractivity contribution in [3.8, 4) is 0 Å². The molecule has 17 nitrogen and oxygen atoms in total. The molecule has 4 saturated heterocycles. The predicted octanol–water partition coefficient (Wildman–Crippen LogP) is 4.39. The van der Waals surface area contributed by atoms with Crippen molar-refractivity contribution in [2.75, 3.05) is 96.4 Å². The van der Waals surface area contributed by atoms with Crippen molar-refractivity contribution in [3.05, 3.63) is 89.4 Å². The van der Waals surface area contributed by atoms with Crippen LogP contribution in [0.2, 0.25) is 0 Å². The number of rotatable bonds is 11. The number of fused-ring (bicyclic) bond motifs is 3. The van der Waals surface area contributed by atoms with Gasteiger partial charge in [0.25, 0.3) is 5.91 Å². The van der Waals surface area contributed by atoms with E-state index in [4.69, 9.17) is 4.98 Å². The Labute approximate surface area is 382 Å². The van der Waals surface area contributed by atoms with Crippen molar-refractivity contribution in [1.29, 1.82) is 0 Å². The van der Waals surface area contributed by atoms with Crippen molar-refractivity contribution in [2.45, 2.75) is 50.7 Å². The summed E-state index contributed by atoms with van der Waals surface area (Å²) in [5.74, 6) is 0.196. The monoisotopic (exact) mass is 916 g/mol. The van der Waals surface area contributed by atoms with Crippen molar-refractivity contribution in [1.82, 2.24) is 35.0 Å². The molecule has 3 aromatic carbocycles. The summed E-state index contributed by atoms with van der Waals surface area (Å²) in [5.41, 5.74) is 6.54. The first-order valence-electron chi connectivity index (χ1n) is 22.9. The molecule has 0 aliphatic carbocycles. The van der Waals surface area contributed by atoms with Crippen LogP contribution in [-0.4, -0.2) is 140 Å². The number of aromatic nitrogens is 3. The minimum absolute atomic E-state index is 0.144. The number of para-hydroxylation sites is 1. The van der Waals surface area contributed by atoms with E-state index in [0.29, 0.717) is 77.7 Å². The first-order valence-corrected chi connectivity index (χ1v) is 24.8. The van der Waals surface area contributed by atoms with Gasteiger partial charge in [0.15, 0.2) is 0 Å². The number of nitrogens with zero attached hydrogens (tertiary/aromatic N) is 8. The number of carbonyl (C=O) groups excluding carboxylic acids is 3. The van der Waals surface area contributed by atoms with Gasteiger partial charge in [-0.15, -0.1) is 0 Å². The second-order valence-electron chi connectivity index (χ2n) is 18.5. The predicted molar refractivity (Wildman–Crippen MR) is 251 cm³/mol. The fourth-order valence-corrected chi connectivity index (χ4v) is 11.8. The van der Waals surface area contributed by atoms with Crippen molar-refractivity contribution >= 4 is 79.0 Å². The Morgan fingerprint density at radius 1 is 0.833 bits per heavy atom. The summed E-state index contributed by atoms with van der Waals surface area (Å²) < 4.78 is 42.5. The van der Waals surface area contributed by atoms with Crippen LogP contribution in [0.1, 0.15) is 47.2 Å². The number of halogens is 1. The van der Waals surface area contributed by atoms with E-state index >= 15 is 4.39 Å². The molecule has 4 fully saturated rings. The average Bonchev–Trinajstić information content (AvgIpc) is 4.03. The standard InChI is InChI=1S/C47H53FN12O5S/c1-66(64,65)60-18-12-30-3-2-4-38(42(30)60)51-44-36-11-15-49-43(36)53-47(54-44)50-32-5-8-39(37(48)24-32)57-16-13-33(14-17-57)56-21-19-55(20-22-56)25-29-26-58(27-29)34-6-7-35-31(23-34)28-59(46(35)63)40-9-10-41(61)52-45(40)62/h2-8,11,15,23-24,29,33,40H,9-10,12-14,16-22,25-28H2,1H3,(H,52,61,62)(H3,49,50,51,53,54). The van der Waals surface area contributed by atoms with Crippen molar-refractivity contribution in [3.63, 3.8) is 0 Å². The summed E-state index contributed by atoms with van der Waals surface area (Å²) in [6.07, 6.45) is 6.15. The largest absolute Gasteiger partial charge is 0.371 e. The Morgan fingerprint density at radius 3 is 2.42 bits per heavy atom. The van der Waals surface area contributed by atoms with Crippen LogP contribution in [0, 0.1) is 11.7 Å². The number of sulfonamides is 1. The number of hydrogen-bond acceptors (Lipinski definition) is 13. The minimum atomic E-state index is -3.47. The van der Waals surface area contributed by atoms with E-state index in [1.807, 2.05) is 48.5 Å². The number of imide groups is 1. The van der Waals surface area contributed by atoms with E-state index in [9.17, 15) is 22.8 Å². The zero-order valence-electron chi connectivity index (χ0n) is 36.8. The molecule has 6 aliphatic heterocycles. The Balaban J connectivity index is 0.648. The van der Waals surface area contributed by atoms with Gasteiger partial charge in [-0.2, -0.15) is 9.97 Å². The molecular formula is C47H53FN12O5S. The number of nitrogens with one attached hydrogen (secondary N) is 4. The molecule has 5 aromatic rings. The molecule has 0 bridgehead atoms. The van der Waals surface area contributed by atoms with Gasteiger partial charge in [0.05, 0.1) is 28.7 Å². The highest BCUT2D eigenvalue weighted by molar-refractivity contribution is 7.92. The lowest BCUT2D eigenvalue weighted by molar-refractivity contribution is -0.136. The lowest BCUT2D eigenvalue weighted by atomic mass is 9.96. The molecular weight excluding hydrogens is 864 g/mol. The van der Waals surface area contributed by atoms with E-state index in [2.05, 4.69) is 51.6 Å². The van der Waals surface area contributed by atoms with Crippen LogP contribution >= 0.6 is 0 Å². The zero-order valence-corrected chi connectivity index (χ0v) is 37.6. The zero-order chi connectivity index (χ0) is 45.3. The van der Waals surface area contributed by atoms with Crippen LogP contribution < -0.4 is 30.1 Å². The van der Waals surface area contributed by atoms with Crippen LogP contribution in [0.4, 0.5) is 44.6 Å². The quantitative estimate of drug-likeness (QED) is 0.137. The Bertz CT molecular complexity index is 2850. The molecule has 1 unspecified atom stereocenters. The topological polar surface area (TPSA) is 182 Å². The maximum Gasteiger partial charge on any atom is 0.255 e. The Kier molecular flexibility index (Phi) is 10.8. The molecule has 3 amide bonds. The number of benzene rings is 3. The number of amides is 3. The van der Waals surface area contributed by atoms with Crippen molar-refractivity contribution in [2.24, 2.45) is 5.92 Å². The summed E-state index contributed by atoms with van der Waals surface area (Å²) in [7, 11) is -3.47. The highest BCUT2D eigenvalue weighted by Gasteiger charge is 2.40. The lowest BCUT2D eigenvalue weighted by Gasteiger charge is -2.46. The van der Waals surface area contributed by atoms with Crippen LogP contribution in [0.15, 0.2) is 66.9 Å². The molecule has 4 N–H and O–H groups in total. The van der Waals surface area contributed by atoms with E-state index in [1.54, 1.807) is 11.1 Å². The fourth-order valence-electron chi connectivity index (χ4n) is 10.8. The van der Waals surface area contributed by atoms with Gasteiger partial charge >= 0.3 is 0 Å². The number of piperazine rings is 1. The molecule has 11 rings (SSSR count). The molecule has 6 aliphatic rings. The molecule has 2 aromatic heterocycles. The number of aromatic amines is 1. The molecule has 0 radical (unpaired) electrons. The third-order valence-electron chi connectivity index (χ3n) is 14.3. The van der Waals surface area contributed by atoms with Crippen LogP contribution in [0.5, 0.6) is 0 Å². The number of H-pyrrole nitrogens is 1. The van der Waals surface area contributed by atoms with E-state index in [0.717, 1.165) is 93.9 Å². The van der Waals surface area contributed by atoms with Gasteiger partial charge in [-0.25, -0.2) is 12.8 Å².